The Morgan fingerprint density at radius 3 is 2.90 bits per heavy atom. The molecule has 1 heterocycles. The molecule has 0 spiro atoms. The number of hydroxylamine groups is 2. The molecule has 0 saturated carbocycles. The number of aldehydes is 1. The number of quaternary nitrogens is 1. The Hall–Kier alpha value is -0.450. The summed E-state index contributed by atoms with van der Waals surface area (Å²) in [6.45, 7) is 0.503. The number of carbonyl (C=O) groups excluding carboxylic acids is 1. The third-order valence-electron chi connectivity index (χ3n) is 1.96. The molecule has 58 valence electrons. The van der Waals surface area contributed by atoms with Crippen molar-refractivity contribution in [3.63, 3.8) is 0 Å². The Balaban J connectivity index is 2.19. The zero-order chi connectivity index (χ0) is 7.56. The summed E-state index contributed by atoms with van der Waals surface area (Å²) in [6, 6.07) is -0.00218. The van der Waals surface area contributed by atoms with Crippen LogP contribution in [0.1, 0.15) is 12.8 Å². The molecular weight excluding hydrogens is 132 g/mol. The highest BCUT2D eigenvalue weighted by atomic mass is 16.5. The SMILES string of the molecule is NC1C[NH+]([O-])C1CCC=O. The summed E-state index contributed by atoms with van der Waals surface area (Å²) in [5, 5.41) is 11.0. The van der Waals surface area contributed by atoms with Crippen molar-refractivity contribution in [2.45, 2.75) is 24.9 Å². The van der Waals surface area contributed by atoms with E-state index in [-0.39, 0.29) is 17.1 Å². The number of nitrogens with two attached hydrogens (primary N) is 1. The van der Waals surface area contributed by atoms with Gasteiger partial charge in [-0.3, -0.25) is 0 Å². The van der Waals surface area contributed by atoms with Gasteiger partial charge in [0.2, 0.25) is 0 Å². The quantitative estimate of drug-likeness (QED) is 0.357. The fourth-order valence-electron chi connectivity index (χ4n) is 1.23. The molecule has 0 aromatic carbocycles. The van der Waals surface area contributed by atoms with Gasteiger partial charge in [0.25, 0.3) is 0 Å². The van der Waals surface area contributed by atoms with Gasteiger partial charge in [0.15, 0.2) is 0 Å². The van der Waals surface area contributed by atoms with Gasteiger partial charge in [0, 0.05) is 12.8 Å². The Morgan fingerprint density at radius 1 is 1.80 bits per heavy atom. The van der Waals surface area contributed by atoms with Crippen LogP contribution >= 0.6 is 0 Å². The van der Waals surface area contributed by atoms with E-state index in [0.29, 0.717) is 19.4 Å². The zero-order valence-corrected chi connectivity index (χ0v) is 5.75. The minimum absolute atomic E-state index is 0.0208. The highest BCUT2D eigenvalue weighted by Crippen LogP contribution is 2.00. The van der Waals surface area contributed by atoms with E-state index in [1.54, 1.807) is 0 Å². The Bertz CT molecular complexity index is 121. The Morgan fingerprint density at radius 2 is 2.50 bits per heavy atom. The van der Waals surface area contributed by atoms with Crippen LogP contribution in [0.4, 0.5) is 0 Å². The second-order valence-electron chi connectivity index (χ2n) is 2.68. The lowest BCUT2D eigenvalue weighted by Gasteiger charge is -2.45. The molecule has 0 aromatic rings. The summed E-state index contributed by atoms with van der Waals surface area (Å²) in [5.74, 6) is 0. The van der Waals surface area contributed by atoms with Crippen molar-refractivity contribution in [2.24, 2.45) is 5.73 Å². The first-order valence-corrected chi connectivity index (χ1v) is 3.47. The molecule has 10 heavy (non-hydrogen) atoms. The maximum atomic E-state index is 10.8. The molecule has 3 unspecified atom stereocenters. The minimum atomic E-state index is -0.0230. The monoisotopic (exact) mass is 144 g/mol. The molecule has 4 nitrogen and oxygen atoms in total. The van der Waals surface area contributed by atoms with Gasteiger partial charge in [-0.25, -0.2) is 0 Å². The van der Waals surface area contributed by atoms with Gasteiger partial charge in [0.05, 0.1) is 6.54 Å². The highest BCUT2D eigenvalue weighted by molar-refractivity contribution is 5.49. The van der Waals surface area contributed by atoms with Crippen molar-refractivity contribution in [3.8, 4) is 0 Å². The lowest BCUT2D eigenvalue weighted by molar-refractivity contribution is -0.923. The number of rotatable bonds is 3. The van der Waals surface area contributed by atoms with E-state index >= 15 is 0 Å². The van der Waals surface area contributed by atoms with Gasteiger partial charge < -0.3 is 20.8 Å². The molecule has 0 radical (unpaired) electrons. The number of carbonyl (C=O) groups is 1. The summed E-state index contributed by atoms with van der Waals surface area (Å²) < 4.78 is 0. The van der Waals surface area contributed by atoms with E-state index in [2.05, 4.69) is 0 Å². The maximum Gasteiger partial charge on any atom is 0.120 e. The minimum Gasteiger partial charge on any atom is -0.634 e. The molecule has 3 N–H and O–H groups in total. The van der Waals surface area contributed by atoms with E-state index in [4.69, 9.17) is 5.73 Å². The van der Waals surface area contributed by atoms with Crippen LogP contribution in [0.25, 0.3) is 0 Å². The molecule has 0 aromatic heterocycles. The molecule has 3 atom stereocenters. The molecule has 0 amide bonds. The fourth-order valence-corrected chi connectivity index (χ4v) is 1.23. The van der Waals surface area contributed by atoms with Crippen LogP contribution in [0, 0.1) is 5.21 Å². The first-order valence-electron chi connectivity index (χ1n) is 3.47. The molecular formula is C6H12N2O2. The second-order valence-corrected chi connectivity index (χ2v) is 2.68. The van der Waals surface area contributed by atoms with Crippen molar-refractivity contribution in [3.05, 3.63) is 5.21 Å². The number of nitrogens with one attached hydrogen (secondary N) is 1. The zero-order valence-electron chi connectivity index (χ0n) is 5.75. The molecule has 4 heteroatoms. The standard InChI is InChI=1S/C6H12N2O2/c7-5-4-8(10)6(5)2-1-3-9/h3,5-6,8H,1-2,4,7H2. The van der Waals surface area contributed by atoms with E-state index in [0.717, 1.165) is 6.29 Å². The van der Waals surface area contributed by atoms with Crippen molar-refractivity contribution < 1.29 is 9.86 Å². The van der Waals surface area contributed by atoms with Crippen molar-refractivity contribution in [1.82, 2.24) is 0 Å². The smallest absolute Gasteiger partial charge is 0.120 e. The van der Waals surface area contributed by atoms with Crippen LogP contribution in [0.15, 0.2) is 0 Å². The second kappa shape index (κ2) is 3.09. The van der Waals surface area contributed by atoms with Crippen molar-refractivity contribution >= 4 is 6.29 Å². The Labute approximate surface area is 59.6 Å². The third kappa shape index (κ3) is 1.34. The topological polar surface area (TPSA) is 70.6 Å². The summed E-state index contributed by atoms with van der Waals surface area (Å²) in [4.78, 5) is 9.91. The van der Waals surface area contributed by atoms with Crippen LogP contribution in [-0.4, -0.2) is 24.9 Å². The molecule has 1 aliphatic rings. The number of hydrogen-bond acceptors (Lipinski definition) is 3. The largest absolute Gasteiger partial charge is 0.634 e. The van der Waals surface area contributed by atoms with Crippen LogP contribution in [-0.2, 0) is 4.79 Å². The molecule has 0 aliphatic carbocycles. The average Bonchev–Trinajstić information content (AvgIpc) is 1.89. The highest BCUT2D eigenvalue weighted by Gasteiger charge is 2.35. The summed E-state index contributed by atoms with van der Waals surface area (Å²) in [5.41, 5.74) is 5.52. The van der Waals surface area contributed by atoms with Crippen molar-refractivity contribution in [1.29, 1.82) is 0 Å². The van der Waals surface area contributed by atoms with Crippen LogP contribution in [0.5, 0.6) is 0 Å². The lowest BCUT2D eigenvalue weighted by atomic mass is 9.96. The van der Waals surface area contributed by atoms with Gasteiger partial charge in [-0.05, 0) is 0 Å². The van der Waals surface area contributed by atoms with Gasteiger partial charge in [-0.15, -0.1) is 0 Å². The lowest BCUT2D eigenvalue weighted by Crippen LogP contribution is -3.22. The van der Waals surface area contributed by atoms with Gasteiger partial charge >= 0.3 is 0 Å². The van der Waals surface area contributed by atoms with E-state index in [9.17, 15) is 10.0 Å². The first kappa shape index (κ1) is 7.65. The Kier molecular flexibility index (Phi) is 2.37. The molecule has 1 saturated heterocycles. The third-order valence-corrected chi connectivity index (χ3v) is 1.96. The average molecular weight is 144 g/mol. The summed E-state index contributed by atoms with van der Waals surface area (Å²) >= 11 is 0. The fraction of sp³-hybridized carbons (Fsp3) is 0.833. The van der Waals surface area contributed by atoms with E-state index in [1.165, 1.54) is 0 Å². The predicted octanol–water partition coefficient (Wildman–Crippen LogP) is -1.94. The number of hydrogen-bond donors (Lipinski definition) is 2. The van der Waals surface area contributed by atoms with Crippen molar-refractivity contribution in [2.75, 3.05) is 6.54 Å². The maximum absolute atomic E-state index is 10.8. The normalized spacial score (nSPS) is 38.8. The van der Waals surface area contributed by atoms with Crippen LogP contribution in [0.2, 0.25) is 0 Å². The summed E-state index contributed by atoms with van der Waals surface area (Å²) in [7, 11) is 0. The molecule has 1 aliphatic heterocycles. The molecule has 1 rings (SSSR count). The predicted molar refractivity (Wildman–Crippen MR) is 36.3 cm³/mol. The van der Waals surface area contributed by atoms with E-state index < -0.39 is 0 Å². The van der Waals surface area contributed by atoms with Gasteiger partial charge in [0.1, 0.15) is 18.4 Å². The van der Waals surface area contributed by atoms with Gasteiger partial charge in [-0.1, -0.05) is 0 Å². The van der Waals surface area contributed by atoms with E-state index in [1.807, 2.05) is 0 Å². The summed E-state index contributed by atoms with van der Waals surface area (Å²) in [6.07, 6.45) is 1.94. The molecule has 1 fully saturated rings. The first-order chi connectivity index (χ1) is 4.75. The van der Waals surface area contributed by atoms with Crippen LogP contribution < -0.4 is 10.8 Å². The van der Waals surface area contributed by atoms with Crippen LogP contribution in [0.3, 0.4) is 0 Å². The molecule has 0 bridgehead atoms. The van der Waals surface area contributed by atoms with Gasteiger partial charge in [-0.2, -0.15) is 0 Å².